The zero-order valence-electron chi connectivity index (χ0n) is 12.9. The van der Waals surface area contributed by atoms with Crippen LogP contribution in [-0.4, -0.2) is 44.4 Å². The second-order valence-corrected chi connectivity index (χ2v) is 5.72. The smallest absolute Gasteiger partial charge is 0.253 e. The Kier molecular flexibility index (Phi) is 5.20. The lowest BCUT2D eigenvalue weighted by Gasteiger charge is -2.26. The van der Waals surface area contributed by atoms with E-state index in [1.807, 2.05) is 38.1 Å². The first-order chi connectivity index (χ1) is 10.1. The van der Waals surface area contributed by atoms with Gasteiger partial charge in [-0.25, -0.2) is 0 Å². The van der Waals surface area contributed by atoms with Gasteiger partial charge in [0.05, 0.1) is 12.2 Å². The van der Waals surface area contributed by atoms with Crippen molar-refractivity contribution in [1.29, 1.82) is 0 Å². The molecule has 2 N–H and O–H groups in total. The van der Waals surface area contributed by atoms with Crippen molar-refractivity contribution in [2.75, 3.05) is 32.2 Å². The first kappa shape index (κ1) is 15.8. The second-order valence-electron chi connectivity index (χ2n) is 5.72. The number of benzene rings is 1. The lowest BCUT2D eigenvalue weighted by Crippen LogP contribution is -2.45. The molecule has 0 aromatic heterocycles. The highest BCUT2D eigenvalue weighted by Crippen LogP contribution is 2.22. The Morgan fingerprint density at radius 1 is 1.43 bits per heavy atom. The van der Waals surface area contributed by atoms with Gasteiger partial charge in [0.2, 0.25) is 0 Å². The van der Waals surface area contributed by atoms with Crippen LogP contribution >= 0.6 is 0 Å². The molecular weight excluding hydrogens is 268 g/mol. The van der Waals surface area contributed by atoms with Crippen LogP contribution in [0.1, 0.15) is 30.6 Å². The van der Waals surface area contributed by atoms with Crippen molar-refractivity contribution in [1.82, 2.24) is 5.32 Å². The first-order valence-corrected chi connectivity index (χ1v) is 7.33. The number of ether oxygens (including phenoxy) is 2. The molecule has 1 aliphatic heterocycles. The van der Waals surface area contributed by atoms with Crippen molar-refractivity contribution in [3.05, 3.63) is 29.8 Å². The second kappa shape index (κ2) is 6.91. The van der Waals surface area contributed by atoms with Crippen LogP contribution in [0.4, 0.5) is 5.69 Å². The van der Waals surface area contributed by atoms with E-state index in [9.17, 15) is 4.79 Å². The van der Waals surface area contributed by atoms with Crippen molar-refractivity contribution in [2.45, 2.75) is 31.9 Å². The summed E-state index contributed by atoms with van der Waals surface area (Å²) in [6.07, 6.45) is 0.801. The molecule has 1 fully saturated rings. The maximum atomic E-state index is 12.4. The fraction of sp³-hybridized carbons (Fsp3) is 0.562. The van der Waals surface area contributed by atoms with Gasteiger partial charge in [-0.05, 0) is 26.0 Å². The van der Waals surface area contributed by atoms with Gasteiger partial charge in [0.25, 0.3) is 5.91 Å². The maximum absolute atomic E-state index is 12.4. The van der Waals surface area contributed by atoms with E-state index in [-0.39, 0.29) is 11.9 Å². The third-order valence-electron chi connectivity index (χ3n) is 3.69. The highest BCUT2D eigenvalue weighted by Gasteiger charge is 2.35. The average molecular weight is 292 g/mol. The zero-order valence-corrected chi connectivity index (χ0v) is 12.9. The predicted molar refractivity (Wildman–Crippen MR) is 82.7 cm³/mol. The van der Waals surface area contributed by atoms with Crippen LogP contribution < -0.4 is 10.6 Å². The van der Waals surface area contributed by atoms with E-state index in [1.165, 1.54) is 0 Å². The van der Waals surface area contributed by atoms with Gasteiger partial charge in [0.15, 0.2) is 0 Å². The van der Waals surface area contributed by atoms with Crippen LogP contribution in [-0.2, 0) is 9.47 Å². The Balaban J connectivity index is 2.03. The molecule has 1 saturated heterocycles. The number of carbonyl (C=O) groups is 1. The molecule has 21 heavy (non-hydrogen) atoms. The monoisotopic (exact) mass is 292 g/mol. The Labute approximate surface area is 126 Å². The molecule has 1 aliphatic rings. The van der Waals surface area contributed by atoms with Gasteiger partial charge in [0.1, 0.15) is 5.60 Å². The zero-order chi connectivity index (χ0) is 15.3. The average Bonchev–Trinajstić information content (AvgIpc) is 2.94. The van der Waals surface area contributed by atoms with Crippen LogP contribution in [0, 0.1) is 0 Å². The lowest BCUT2D eigenvalue weighted by atomic mass is 10.0. The number of hydrogen-bond acceptors (Lipinski definition) is 4. The summed E-state index contributed by atoms with van der Waals surface area (Å²) in [7, 11) is 1.66. The normalized spacial score (nSPS) is 21.5. The summed E-state index contributed by atoms with van der Waals surface area (Å²) < 4.78 is 10.9. The Morgan fingerprint density at radius 2 is 2.19 bits per heavy atom. The van der Waals surface area contributed by atoms with E-state index in [0.29, 0.717) is 25.3 Å². The van der Waals surface area contributed by atoms with E-state index in [1.54, 1.807) is 7.11 Å². The van der Waals surface area contributed by atoms with Crippen LogP contribution in [0.25, 0.3) is 0 Å². The van der Waals surface area contributed by atoms with E-state index < -0.39 is 5.60 Å². The number of anilines is 1. The number of carbonyl (C=O) groups excluding carboxylic acids is 1. The molecule has 5 heteroatoms. The van der Waals surface area contributed by atoms with E-state index in [0.717, 1.165) is 12.1 Å². The minimum atomic E-state index is -0.393. The van der Waals surface area contributed by atoms with Gasteiger partial charge in [0, 0.05) is 38.4 Å². The van der Waals surface area contributed by atoms with Crippen LogP contribution in [0.15, 0.2) is 24.3 Å². The van der Waals surface area contributed by atoms with Crippen molar-refractivity contribution in [2.24, 2.45) is 0 Å². The topological polar surface area (TPSA) is 59.6 Å². The summed E-state index contributed by atoms with van der Waals surface area (Å²) in [5.41, 5.74) is 1.10. The Hall–Kier alpha value is -1.59. The minimum Gasteiger partial charge on any atom is -0.382 e. The molecule has 0 radical (unpaired) electrons. The molecule has 0 bridgehead atoms. The number of para-hydroxylation sites is 1. The molecule has 0 saturated carbocycles. The fourth-order valence-electron chi connectivity index (χ4n) is 2.42. The van der Waals surface area contributed by atoms with Gasteiger partial charge in [-0.2, -0.15) is 0 Å². The molecule has 1 aromatic rings. The van der Waals surface area contributed by atoms with Gasteiger partial charge >= 0.3 is 0 Å². The fourth-order valence-corrected chi connectivity index (χ4v) is 2.42. The Bertz CT molecular complexity index is 482. The minimum absolute atomic E-state index is 0.0953. The largest absolute Gasteiger partial charge is 0.382 e. The summed E-state index contributed by atoms with van der Waals surface area (Å²) in [4.78, 5) is 12.4. The standard InChI is InChI=1S/C16H24N2O3/c1-12(2)18-14-7-5-4-6-13(14)15(19)17-10-16(20-3)8-9-21-11-16/h4-7,12,18H,8-11H2,1-3H3,(H,17,19). The number of nitrogens with one attached hydrogen (secondary N) is 2. The maximum Gasteiger partial charge on any atom is 0.253 e. The molecule has 1 atom stereocenters. The first-order valence-electron chi connectivity index (χ1n) is 7.33. The Morgan fingerprint density at radius 3 is 2.81 bits per heavy atom. The molecule has 0 aliphatic carbocycles. The van der Waals surface area contributed by atoms with Crippen molar-refractivity contribution >= 4 is 11.6 Å². The summed E-state index contributed by atoms with van der Waals surface area (Å²) in [6, 6.07) is 7.80. The van der Waals surface area contributed by atoms with Crippen LogP contribution in [0.5, 0.6) is 0 Å². The molecule has 2 rings (SSSR count). The molecule has 1 unspecified atom stereocenters. The molecule has 1 amide bonds. The van der Waals surface area contributed by atoms with Gasteiger partial charge in [-0.1, -0.05) is 12.1 Å². The van der Waals surface area contributed by atoms with Crippen molar-refractivity contribution in [3.63, 3.8) is 0 Å². The quantitative estimate of drug-likeness (QED) is 0.842. The number of amides is 1. The molecular formula is C16H24N2O3. The summed E-state index contributed by atoms with van der Waals surface area (Å²) in [6.45, 7) is 5.75. The number of rotatable bonds is 6. The molecule has 1 heterocycles. The van der Waals surface area contributed by atoms with Gasteiger partial charge < -0.3 is 20.1 Å². The van der Waals surface area contributed by atoms with Gasteiger partial charge in [-0.15, -0.1) is 0 Å². The van der Waals surface area contributed by atoms with Crippen LogP contribution in [0.2, 0.25) is 0 Å². The number of hydrogen-bond donors (Lipinski definition) is 2. The molecule has 0 spiro atoms. The third-order valence-corrected chi connectivity index (χ3v) is 3.69. The highest BCUT2D eigenvalue weighted by molar-refractivity contribution is 5.99. The van der Waals surface area contributed by atoms with E-state index in [4.69, 9.17) is 9.47 Å². The molecule has 5 nitrogen and oxygen atoms in total. The van der Waals surface area contributed by atoms with E-state index in [2.05, 4.69) is 10.6 Å². The van der Waals surface area contributed by atoms with Crippen molar-refractivity contribution < 1.29 is 14.3 Å². The van der Waals surface area contributed by atoms with Crippen molar-refractivity contribution in [3.8, 4) is 0 Å². The highest BCUT2D eigenvalue weighted by atomic mass is 16.5. The summed E-state index contributed by atoms with van der Waals surface area (Å²) >= 11 is 0. The third kappa shape index (κ3) is 3.95. The molecule has 1 aromatic carbocycles. The van der Waals surface area contributed by atoms with Gasteiger partial charge in [-0.3, -0.25) is 4.79 Å². The number of methoxy groups -OCH3 is 1. The van der Waals surface area contributed by atoms with Crippen LogP contribution in [0.3, 0.4) is 0 Å². The predicted octanol–water partition coefficient (Wildman–Crippen LogP) is 2.04. The summed E-state index contributed by atoms with van der Waals surface area (Å²) in [5.74, 6) is -0.0953. The van der Waals surface area contributed by atoms with E-state index >= 15 is 0 Å². The lowest BCUT2D eigenvalue weighted by molar-refractivity contribution is -0.0148. The molecule has 116 valence electrons. The SMILES string of the molecule is COC1(CNC(=O)c2ccccc2NC(C)C)CCOC1. The summed E-state index contributed by atoms with van der Waals surface area (Å²) in [5, 5.41) is 6.25.